The Kier molecular flexibility index (Phi) is 4.28. The Hall–Kier alpha value is -2.60. The normalized spacial score (nSPS) is 17.8. The molecule has 7 heteroatoms. The van der Waals surface area contributed by atoms with Gasteiger partial charge in [-0.2, -0.15) is 0 Å². The summed E-state index contributed by atoms with van der Waals surface area (Å²) in [6.07, 6.45) is -0.101. The number of rotatable bonds is 4. The first-order chi connectivity index (χ1) is 12.7. The van der Waals surface area contributed by atoms with Gasteiger partial charge in [0.2, 0.25) is 5.75 Å². The first kappa shape index (κ1) is 16.8. The lowest BCUT2D eigenvalue weighted by molar-refractivity contribution is 0.319. The van der Waals surface area contributed by atoms with Crippen molar-refractivity contribution in [2.24, 2.45) is 4.99 Å². The first-order valence-corrected chi connectivity index (χ1v) is 8.71. The molecule has 2 aromatic rings. The lowest BCUT2D eigenvalue weighted by Crippen LogP contribution is -2.41. The molecule has 0 aromatic heterocycles. The third kappa shape index (κ3) is 2.61. The van der Waals surface area contributed by atoms with Crippen LogP contribution in [-0.2, 0) is 0 Å². The summed E-state index contributed by atoms with van der Waals surface area (Å²) < 4.78 is 16.4. The van der Waals surface area contributed by atoms with Gasteiger partial charge in [0.1, 0.15) is 12.0 Å². The number of hydrogen-bond acceptors (Lipinski definition) is 6. The van der Waals surface area contributed by atoms with E-state index in [0.29, 0.717) is 22.3 Å². The number of benzene rings is 2. The fraction of sp³-hybridized carbons (Fsp3) is 0.316. The molecule has 0 bridgehead atoms. The van der Waals surface area contributed by atoms with Crippen molar-refractivity contribution in [1.82, 2.24) is 4.90 Å². The Bertz CT molecular complexity index is 859. The average molecular weight is 374 g/mol. The third-order valence-electron chi connectivity index (χ3n) is 4.70. The summed E-state index contributed by atoms with van der Waals surface area (Å²) in [4.78, 5) is 6.94. The number of halogens is 1. The van der Waals surface area contributed by atoms with Gasteiger partial charge in [0.05, 0.1) is 27.9 Å². The Morgan fingerprint density at radius 1 is 1.08 bits per heavy atom. The first-order valence-electron chi connectivity index (χ1n) is 8.33. The minimum absolute atomic E-state index is 0.101. The van der Waals surface area contributed by atoms with Crippen LogP contribution in [0.1, 0.15) is 17.3 Å². The summed E-state index contributed by atoms with van der Waals surface area (Å²) in [5.41, 5.74) is 3.03. The summed E-state index contributed by atoms with van der Waals surface area (Å²) >= 11 is 6.20. The second-order valence-corrected chi connectivity index (χ2v) is 6.53. The van der Waals surface area contributed by atoms with Gasteiger partial charge < -0.3 is 24.4 Å². The van der Waals surface area contributed by atoms with Crippen LogP contribution in [0.15, 0.2) is 35.3 Å². The molecule has 0 spiro atoms. The van der Waals surface area contributed by atoms with Gasteiger partial charge in [0, 0.05) is 28.4 Å². The van der Waals surface area contributed by atoms with Crippen molar-refractivity contribution in [1.29, 1.82) is 0 Å². The minimum atomic E-state index is -0.101. The molecule has 26 heavy (non-hydrogen) atoms. The standard InChI is InChI=1S/C19H20ClN3O3/c1-24-15-8-11(9-16(25-2)17(15)26-3)18-22-14-10-12(20)4-5-13(14)19-21-6-7-23(18)19/h4-5,8-10,18,22H,6-7H2,1-3H3/t18-/m0/s1. The maximum atomic E-state index is 6.20. The predicted octanol–water partition coefficient (Wildman–Crippen LogP) is 3.55. The average Bonchev–Trinajstić information content (AvgIpc) is 3.15. The number of fused-ring (bicyclic) bond motifs is 3. The molecule has 1 N–H and O–H groups in total. The van der Waals surface area contributed by atoms with Gasteiger partial charge in [-0.05, 0) is 30.3 Å². The van der Waals surface area contributed by atoms with E-state index in [2.05, 4.69) is 10.2 Å². The SMILES string of the molecule is COc1cc([C@H]2Nc3cc(Cl)ccc3C3=NCCN32)cc(OC)c1OC. The Morgan fingerprint density at radius 2 is 1.81 bits per heavy atom. The summed E-state index contributed by atoms with van der Waals surface area (Å²) in [7, 11) is 4.84. The van der Waals surface area contributed by atoms with Gasteiger partial charge in [0.25, 0.3) is 0 Å². The molecule has 1 atom stereocenters. The van der Waals surface area contributed by atoms with E-state index in [-0.39, 0.29) is 6.17 Å². The van der Waals surface area contributed by atoms with E-state index in [9.17, 15) is 0 Å². The van der Waals surface area contributed by atoms with E-state index >= 15 is 0 Å². The Balaban J connectivity index is 1.82. The van der Waals surface area contributed by atoms with Crippen LogP contribution in [-0.4, -0.2) is 45.2 Å². The van der Waals surface area contributed by atoms with E-state index in [1.54, 1.807) is 21.3 Å². The van der Waals surface area contributed by atoms with E-state index in [1.807, 2.05) is 30.3 Å². The molecule has 2 aromatic carbocycles. The van der Waals surface area contributed by atoms with Crippen molar-refractivity contribution >= 4 is 23.1 Å². The topological polar surface area (TPSA) is 55.3 Å². The van der Waals surface area contributed by atoms with E-state index in [1.165, 1.54) is 0 Å². The number of ether oxygens (including phenoxy) is 3. The number of nitrogens with one attached hydrogen (secondary N) is 1. The molecular weight excluding hydrogens is 354 g/mol. The number of anilines is 1. The molecule has 2 aliphatic heterocycles. The number of amidine groups is 1. The molecular formula is C19H20ClN3O3. The molecule has 0 aliphatic carbocycles. The van der Waals surface area contributed by atoms with Crippen molar-refractivity contribution in [2.45, 2.75) is 6.17 Å². The molecule has 6 nitrogen and oxygen atoms in total. The molecule has 4 rings (SSSR count). The van der Waals surface area contributed by atoms with Crippen LogP contribution in [0, 0.1) is 0 Å². The molecule has 0 unspecified atom stereocenters. The molecule has 0 radical (unpaired) electrons. The largest absolute Gasteiger partial charge is 0.493 e. The van der Waals surface area contributed by atoms with Crippen LogP contribution in [0.5, 0.6) is 17.2 Å². The molecule has 0 amide bonds. The highest BCUT2D eigenvalue weighted by Crippen LogP contribution is 2.43. The predicted molar refractivity (Wildman–Crippen MR) is 102 cm³/mol. The Labute approximate surface area is 157 Å². The molecule has 0 saturated carbocycles. The minimum Gasteiger partial charge on any atom is -0.493 e. The van der Waals surface area contributed by atoms with Gasteiger partial charge in [-0.25, -0.2) is 0 Å². The smallest absolute Gasteiger partial charge is 0.203 e. The van der Waals surface area contributed by atoms with Gasteiger partial charge >= 0.3 is 0 Å². The van der Waals surface area contributed by atoms with Gasteiger partial charge in [-0.3, -0.25) is 4.99 Å². The highest BCUT2D eigenvalue weighted by molar-refractivity contribution is 6.31. The van der Waals surface area contributed by atoms with Crippen LogP contribution in [0.3, 0.4) is 0 Å². The maximum absolute atomic E-state index is 6.20. The van der Waals surface area contributed by atoms with Crippen molar-refractivity contribution in [3.8, 4) is 17.2 Å². The third-order valence-corrected chi connectivity index (χ3v) is 4.94. The number of methoxy groups -OCH3 is 3. The molecule has 2 aliphatic rings. The zero-order valence-corrected chi connectivity index (χ0v) is 15.6. The zero-order valence-electron chi connectivity index (χ0n) is 14.9. The van der Waals surface area contributed by atoms with Crippen LogP contribution in [0.25, 0.3) is 0 Å². The maximum Gasteiger partial charge on any atom is 0.203 e. The van der Waals surface area contributed by atoms with Crippen LogP contribution >= 0.6 is 11.6 Å². The Morgan fingerprint density at radius 3 is 2.46 bits per heavy atom. The van der Waals surface area contributed by atoms with Gasteiger partial charge in [-0.1, -0.05) is 11.6 Å². The molecule has 0 saturated heterocycles. The summed E-state index contributed by atoms with van der Waals surface area (Å²) in [6.45, 7) is 1.60. The van der Waals surface area contributed by atoms with Crippen molar-refractivity contribution < 1.29 is 14.2 Å². The highest BCUT2D eigenvalue weighted by atomic mass is 35.5. The molecule has 136 valence electrons. The number of nitrogens with zero attached hydrogens (tertiary/aromatic N) is 2. The lowest BCUT2D eigenvalue weighted by atomic mass is 10.0. The summed E-state index contributed by atoms with van der Waals surface area (Å²) in [5, 5.41) is 4.26. The van der Waals surface area contributed by atoms with Crippen molar-refractivity contribution in [2.75, 3.05) is 39.7 Å². The second kappa shape index (κ2) is 6.61. The summed E-state index contributed by atoms with van der Waals surface area (Å²) in [6, 6.07) is 9.75. The molecule has 0 fully saturated rings. The number of hydrogen-bond donors (Lipinski definition) is 1. The van der Waals surface area contributed by atoms with Gasteiger partial charge in [-0.15, -0.1) is 0 Å². The highest BCUT2D eigenvalue weighted by Gasteiger charge is 2.34. The van der Waals surface area contributed by atoms with E-state index in [4.69, 9.17) is 30.8 Å². The van der Waals surface area contributed by atoms with Crippen molar-refractivity contribution in [3.05, 3.63) is 46.5 Å². The second-order valence-electron chi connectivity index (χ2n) is 6.09. The van der Waals surface area contributed by atoms with Crippen molar-refractivity contribution in [3.63, 3.8) is 0 Å². The van der Waals surface area contributed by atoms with Crippen LogP contribution < -0.4 is 19.5 Å². The number of aliphatic imine (C=N–C) groups is 1. The lowest BCUT2D eigenvalue weighted by Gasteiger charge is -2.38. The van der Waals surface area contributed by atoms with Gasteiger partial charge in [0.15, 0.2) is 11.5 Å². The molecule has 2 heterocycles. The van der Waals surface area contributed by atoms with Crippen LogP contribution in [0.2, 0.25) is 5.02 Å². The van der Waals surface area contributed by atoms with E-state index in [0.717, 1.165) is 35.7 Å². The zero-order chi connectivity index (χ0) is 18.3. The monoisotopic (exact) mass is 373 g/mol. The fourth-order valence-electron chi connectivity index (χ4n) is 3.53. The fourth-order valence-corrected chi connectivity index (χ4v) is 3.70. The summed E-state index contributed by atoms with van der Waals surface area (Å²) in [5.74, 6) is 2.80. The van der Waals surface area contributed by atoms with Crippen LogP contribution in [0.4, 0.5) is 5.69 Å². The van der Waals surface area contributed by atoms with E-state index < -0.39 is 0 Å². The quantitative estimate of drug-likeness (QED) is 0.888.